The first-order valence-electron chi connectivity index (χ1n) is 1.54. The normalized spacial score (nSPS) is 4.12. The van der Waals surface area contributed by atoms with Crippen LogP contribution in [0.5, 0.6) is 0 Å². The Morgan fingerprint density at radius 1 is 1.00 bits per heavy atom. The molecular formula is C3HBN3Na. The minimum absolute atomic E-state index is 0. The van der Waals surface area contributed by atoms with Crippen LogP contribution in [0.2, 0.25) is 0 Å². The van der Waals surface area contributed by atoms with E-state index in [0.717, 1.165) is 0 Å². The Bertz CT molecular complexity index is 142. The molecule has 3 nitrogen and oxygen atoms in total. The van der Waals surface area contributed by atoms with Crippen molar-refractivity contribution in [2.24, 2.45) is 0 Å². The standard InChI is InChI=1S/C3BN3.Na.H/c5-1-4(2-6)3-7;;/q;+1;-1. The van der Waals surface area contributed by atoms with Crippen LogP contribution in [0, 0.1) is 33.7 Å². The summed E-state index contributed by atoms with van der Waals surface area (Å²) in [5.74, 6) is 4.44. The van der Waals surface area contributed by atoms with Gasteiger partial charge in [-0.15, -0.1) is 0 Å². The van der Waals surface area contributed by atoms with E-state index in [1.807, 2.05) is 0 Å². The number of nitrogens with zero attached hydrogens (tertiary/aromatic N) is 3. The van der Waals surface area contributed by atoms with Crippen molar-refractivity contribution in [3.63, 3.8) is 0 Å². The van der Waals surface area contributed by atoms with E-state index in [1.54, 1.807) is 0 Å². The molecule has 0 aliphatic heterocycles. The minimum Gasteiger partial charge on any atom is -1.00 e. The SMILES string of the molecule is N#CB(C#N)C#N.[H-].[Na+]. The van der Waals surface area contributed by atoms with Gasteiger partial charge in [0.1, 0.15) is 0 Å². The Morgan fingerprint density at radius 3 is 1.25 bits per heavy atom. The third-order valence-corrected chi connectivity index (χ3v) is 0.387. The van der Waals surface area contributed by atoms with Gasteiger partial charge in [-0.2, -0.15) is 0 Å². The second-order valence-corrected chi connectivity index (χ2v) is 0.820. The Balaban J connectivity index is -0.000000180. The second-order valence-electron chi connectivity index (χ2n) is 0.820. The maximum Gasteiger partial charge on any atom is 1.00 e. The molecule has 0 aromatic carbocycles. The third-order valence-electron chi connectivity index (χ3n) is 0.387. The first kappa shape index (κ1) is 10.5. The van der Waals surface area contributed by atoms with Crippen LogP contribution in [0.15, 0.2) is 0 Å². The molecule has 0 amide bonds. The van der Waals surface area contributed by atoms with Gasteiger partial charge in [-0.05, 0) is 0 Å². The van der Waals surface area contributed by atoms with Crippen molar-refractivity contribution < 1.29 is 31.0 Å². The summed E-state index contributed by atoms with van der Waals surface area (Å²) in [5, 5.41) is 23.5. The van der Waals surface area contributed by atoms with Crippen LogP contribution >= 0.6 is 0 Å². The molecule has 5 heteroatoms. The summed E-state index contributed by atoms with van der Waals surface area (Å²) in [6.07, 6.45) is 0. The molecule has 0 unspecified atom stereocenters. The molecule has 0 rings (SSSR count). The average Bonchev–Trinajstić information content (AvgIpc) is 1.72. The van der Waals surface area contributed by atoms with Gasteiger partial charge in [-0.1, -0.05) is 0 Å². The Morgan fingerprint density at radius 2 is 1.25 bits per heavy atom. The molecule has 0 N–H and O–H groups in total. The van der Waals surface area contributed by atoms with Crippen molar-refractivity contribution in [1.29, 1.82) is 15.8 Å². The molecule has 0 bridgehead atoms. The summed E-state index contributed by atoms with van der Waals surface area (Å²) in [5.41, 5.74) is 0. The fraction of sp³-hybridized carbons (Fsp3) is 0. The monoisotopic (exact) mass is 113 g/mol. The van der Waals surface area contributed by atoms with E-state index < -0.39 is 6.71 Å². The molecule has 0 radical (unpaired) electrons. The van der Waals surface area contributed by atoms with Crippen LogP contribution in [-0.2, 0) is 0 Å². The maximum atomic E-state index is 7.83. The maximum absolute atomic E-state index is 7.83. The Kier molecular flexibility index (Phi) is 8.58. The van der Waals surface area contributed by atoms with Gasteiger partial charge in [0.15, 0.2) is 0 Å². The summed E-state index contributed by atoms with van der Waals surface area (Å²) in [6, 6.07) is 0. The van der Waals surface area contributed by atoms with Crippen molar-refractivity contribution in [3.05, 3.63) is 0 Å². The van der Waals surface area contributed by atoms with Gasteiger partial charge in [0, 0.05) is 17.9 Å². The quantitative estimate of drug-likeness (QED) is 0.310. The molecule has 0 saturated carbocycles. The average molecular weight is 113 g/mol. The first-order valence-corrected chi connectivity index (χ1v) is 1.54. The van der Waals surface area contributed by atoms with Crippen LogP contribution in [0.25, 0.3) is 0 Å². The molecule has 8 heavy (non-hydrogen) atoms. The predicted octanol–water partition coefficient (Wildman–Crippen LogP) is -3.21. The molecule has 0 aliphatic rings. The molecule has 0 aromatic rings. The van der Waals surface area contributed by atoms with Crippen molar-refractivity contribution in [3.8, 4) is 17.9 Å². The summed E-state index contributed by atoms with van der Waals surface area (Å²) in [7, 11) is 0. The van der Waals surface area contributed by atoms with Gasteiger partial charge < -0.3 is 1.43 Å². The Labute approximate surface area is 71.4 Å². The third kappa shape index (κ3) is 3.72. The summed E-state index contributed by atoms with van der Waals surface area (Å²) < 4.78 is 0. The van der Waals surface area contributed by atoms with Crippen LogP contribution in [0.1, 0.15) is 1.43 Å². The number of hydrogen-bond acceptors (Lipinski definition) is 3. The van der Waals surface area contributed by atoms with E-state index in [-0.39, 0.29) is 31.0 Å². The van der Waals surface area contributed by atoms with E-state index in [4.69, 9.17) is 15.8 Å². The van der Waals surface area contributed by atoms with Gasteiger partial charge in [0.25, 0.3) is 0 Å². The molecule has 0 aliphatic carbocycles. The van der Waals surface area contributed by atoms with E-state index in [1.165, 1.54) is 17.9 Å². The van der Waals surface area contributed by atoms with Crippen LogP contribution < -0.4 is 29.6 Å². The number of hydrogen-bond donors (Lipinski definition) is 0. The summed E-state index contributed by atoms with van der Waals surface area (Å²) in [4.78, 5) is 0. The predicted molar refractivity (Wildman–Crippen MR) is 23.7 cm³/mol. The molecule has 0 saturated heterocycles. The first-order chi connectivity index (χ1) is 3.35. The van der Waals surface area contributed by atoms with Crippen LogP contribution in [0.3, 0.4) is 0 Å². The van der Waals surface area contributed by atoms with Gasteiger partial charge >= 0.3 is 36.3 Å². The van der Waals surface area contributed by atoms with Crippen molar-refractivity contribution in [2.75, 3.05) is 0 Å². The van der Waals surface area contributed by atoms with Gasteiger partial charge in [0.2, 0.25) is 0 Å². The zero-order chi connectivity index (χ0) is 5.70. The second kappa shape index (κ2) is 6.53. The molecule has 0 aromatic heterocycles. The van der Waals surface area contributed by atoms with Crippen LogP contribution in [-0.4, -0.2) is 6.71 Å². The molecule has 0 atom stereocenters. The van der Waals surface area contributed by atoms with E-state index in [2.05, 4.69) is 0 Å². The van der Waals surface area contributed by atoms with Crippen molar-refractivity contribution in [1.82, 2.24) is 0 Å². The zero-order valence-corrected chi connectivity index (χ0v) is 6.42. The summed E-state index contributed by atoms with van der Waals surface area (Å²) >= 11 is 0. The largest absolute Gasteiger partial charge is 1.00 e. The zero-order valence-electron chi connectivity index (χ0n) is 5.42. The smallest absolute Gasteiger partial charge is 1.00 e. The number of nitriles is 3. The molecular weight excluding hydrogens is 112 g/mol. The van der Waals surface area contributed by atoms with E-state index in [9.17, 15) is 0 Å². The molecule has 0 fully saturated rings. The van der Waals surface area contributed by atoms with Gasteiger partial charge in [0.05, 0.1) is 0 Å². The van der Waals surface area contributed by atoms with Crippen LogP contribution in [0.4, 0.5) is 0 Å². The van der Waals surface area contributed by atoms with Crippen molar-refractivity contribution in [2.45, 2.75) is 0 Å². The minimum atomic E-state index is -1.10. The fourth-order valence-electron chi connectivity index (χ4n) is 0.0866. The Hall–Kier alpha value is -0.465. The van der Waals surface area contributed by atoms with E-state index >= 15 is 0 Å². The van der Waals surface area contributed by atoms with Gasteiger partial charge in [-0.3, -0.25) is 0 Å². The molecule has 0 heterocycles. The summed E-state index contributed by atoms with van der Waals surface area (Å²) in [6.45, 7) is -1.10. The topological polar surface area (TPSA) is 71.4 Å². The fourth-order valence-corrected chi connectivity index (χ4v) is 0.0866. The van der Waals surface area contributed by atoms with Gasteiger partial charge in [-0.25, -0.2) is 15.8 Å². The molecule has 32 valence electrons. The van der Waals surface area contributed by atoms with Crippen molar-refractivity contribution >= 4 is 6.71 Å². The number of rotatable bonds is 0. The van der Waals surface area contributed by atoms with E-state index in [0.29, 0.717) is 0 Å². The molecule has 0 spiro atoms.